The number of fused-ring (bicyclic) bond motifs is 3. The summed E-state index contributed by atoms with van der Waals surface area (Å²) in [5.74, 6) is 0.218. The first-order valence-corrected chi connectivity index (χ1v) is 8.59. The highest BCUT2D eigenvalue weighted by Crippen LogP contribution is 2.45. The average Bonchev–Trinajstić information content (AvgIpc) is 3.03. The van der Waals surface area contributed by atoms with E-state index in [4.69, 9.17) is 4.74 Å². The molecule has 1 aliphatic rings. The fourth-order valence-corrected chi connectivity index (χ4v) is 3.61. The lowest BCUT2D eigenvalue weighted by Gasteiger charge is -2.13. The van der Waals surface area contributed by atoms with Crippen LogP contribution in [-0.4, -0.2) is 18.0 Å². The SMILES string of the molecule is COc1nc2c(c(-c3ccccc3)c1C#N)Cc1cc(NC(C)=O)ccc1-2. The second-order valence-corrected chi connectivity index (χ2v) is 6.41. The molecule has 0 aliphatic heterocycles. The van der Waals surface area contributed by atoms with Gasteiger partial charge in [0.25, 0.3) is 0 Å². The van der Waals surface area contributed by atoms with Crippen LogP contribution < -0.4 is 10.1 Å². The maximum atomic E-state index is 11.4. The van der Waals surface area contributed by atoms with Gasteiger partial charge in [0.1, 0.15) is 11.6 Å². The maximum Gasteiger partial charge on any atom is 0.232 e. The summed E-state index contributed by atoms with van der Waals surface area (Å²) < 4.78 is 5.42. The normalized spacial score (nSPS) is 11.3. The van der Waals surface area contributed by atoms with Crippen LogP contribution >= 0.6 is 0 Å². The van der Waals surface area contributed by atoms with Crippen molar-refractivity contribution in [3.63, 3.8) is 0 Å². The minimum atomic E-state index is -0.109. The average molecular weight is 355 g/mol. The van der Waals surface area contributed by atoms with Gasteiger partial charge < -0.3 is 10.1 Å². The predicted octanol–water partition coefficient (Wildman–Crippen LogP) is 4.16. The van der Waals surface area contributed by atoms with Crippen molar-refractivity contribution in [2.24, 2.45) is 0 Å². The van der Waals surface area contributed by atoms with Crippen LogP contribution in [0.1, 0.15) is 23.6 Å². The molecule has 5 heteroatoms. The van der Waals surface area contributed by atoms with Crippen molar-refractivity contribution in [3.8, 4) is 34.3 Å². The molecule has 2 aromatic carbocycles. The number of pyridine rings is 1. The molecule has 0 saturated heterocycles. The van der Waals surface area contributed by atoms with Gasteiger partial charge in [-0.2, -0.15) is 5.26 Å². The van der Waals surface area contributed by atoms with Gasteiger partial charge >= 0.3 is 0 Å². The Kier molecular flexibility index (Phi) is 4.09. The molecule has 0 atom stereocenters. The fraction of sp³-hybridized carbons (Fsp3) is 0.136. The van der Waals surface area contributed by atoms with Crippen molar-refractivity contribution in [3.05, 3.63) is 65.2 Å². The molecule has 0 spiro atoms. The number of methoxy groups -OCH3 is 1. The first-order chi connectivity index (χ1) is 13.1. The van der Waals surface area contributed by atoms with E-state index in [1.54, 1.807) is 0 Å². The lowest BCUT2D eigenvalue weighted by Crippen LogP contribution is -2.05. The number of ether oxygens (including phenoxy) is 1. The Bertz CT molecular complexity index is 1100. The first-order valence-electron chi connectivity index (χ1n) is 8.59. The third-order valence-electron chi connectivity index (χ3n) is 4.68. The third-order valence-corrected chi connectivity index (χ3v) is 4.68. The van der Waals surface area contributed by atoms with Crippen LogP contribution in [0.5, 0.6) is 5.88 Å². The smallest absolute Gasteiger partial charge is 0.232 e. The van der Waals surface area contributed by atoms with Crippen LogP contribution in [0.25, 0.3) is 22.4 Å². The number of benzene rings is 2. The topological polar surface area (TPSA) is 75.0 Å². The molecule has 0 radical (unpaired) electrons. The lowest BCUT2D eigenvalue weighted by atomic mass is 9.94. The van der Waals surface area contributed by atoms with Crippen LogP contribution in [0.15, 0.2) is 48.5 Å². The molecule has 0 fully saturated rings. The number of nitrogens with one attached hydrogen (secondary N) is 1. The molecular weight excluding hydrogens is 338 g/mol. The standard InChI is InChI=1S/C22H17N3O2/c1-13(26)24-16-8-9-17-15(10-16)11-18-20(14-6-4-3-5-7-14)19(12-23)22(27-2)25-21(17)18/h3-10H,11H2,1-2H3,(H,24,26). The van der Waals surface area contributed by atoms with Crippen molar-refractivity contribution >= 4 is 11.6 Å². The number of carbonyl (C=O) groups is 1. The van der Waals surface area contributed by atoms with E-state index >= 15 is 0 Å². The molecule has 0 saturated carbocycles. The summed E-state index contributed by atoms with van der Waals surface area (Å²) in [7, 11) is 1.53. The first kappa shape index (κ1) is 16.8. The van der Waals surface area contributed by atoms with Gasteiger partial charge in [-0.3, -0.25) is 4.79 Å². The minimum absolute atomic E-state index is 0.109. The van der Waals surface area contributed by atoms with E-state index in [1.807, 2.05) is 48.5 Å². The Hall–Kier alpha value is -3.65. The zero-order valence-corrected chi connectivity index (χ0v) is 15.0. The van der Waals surface area contributed by atoms with Crippen molar-refractivity contribution in [1.29, 1.82) is 5.26 Å². The molecule has 1 N–H and O–H groups in total. The number of carbonyl (C=O) groups excluding carboxylic acids is 1. The highest BCUT2D eigenvalue weighted by Gasteiger charge is 2.28. The predicted molar refractivity (Wildman–Crippen MR) is 103 cm³/mol. The molecule has 1 aliphatic carbocycles. The number of hydrogen-bond donors (Lipinski definition) is 1. The van der Waals surface area contributed by atoms with Crippen molar-refractivity contribution in [2.75, 3.05) is 12.4 Å². The van der Waals surface area contributed by atoms with Gasteiger partial charge in [0.05, 0.1) is 12.8 Å². The molecule has 0 unspecified atom stereocenters. The minimum Gasteiger partial charge on any atom is -0.480 e. The molecule has 1 aromatic heterocycles. The van der Waals surface area contributed by atoms with E-state index < -0.39 is 0 Å². The molecule has 3 aromatic rings. The summed E-state index contributed by atoms with van der Waals surface area (Å²) in [5.41, 5.74) is 6.91. The van der Waals surface area contributed by atoms with Gasteiger partial charge in [-0.1, -0.05) is 36.4 Å². The number of nitriles is 1. The molecule has 132 valence electrons. The molecule has 0 bridgehead atoms. The number of rotatable bonds is 3. The number of nitrogens with zero attached hydrogens (tertiary/aromatic N) is 2. The van der Waals surface area contributed by atoms with Crippen LogP contribution in [0.2, 0.25) is 0 Å². The van der Waals surface area contributed by atoms with Crippen molar-refractivity contribution < 1.29 is 9.53 Å². The Morgan fingerprint density at radius 1 is 1.22 bits per heavy atom. The van der Waals surface area contributed by atoms with Crippen LogP contribution in [0.3, 0.4) is 0 Å². The van der Waals surface area contributed by atoms with Gasteiger partial charge in [0.2, 0.25) is 11.8 Å². The van der Waals surface area contributed by atoms with Gasteiger partial charge in [-0.15, -0.1) is 0 Å². The molecular formula is C22H17N3O2. The maximum absolute atomic E-state index is 11.4. The molecule has 4 rings (SSSR count). The Morgan fingerprint density at radius 2 is 2.00 bits per heavy atom. The van der Waals surface area contributed by atoms with Crippen molar-refractivity contribution in [1.82, 2.24) is 4.98 Å². The highest BCUT2D eigenvalue weighted by molar-refractivity contribution is 5.91. The lowest BCUT2D eigenvalue weighted by molar-refractivity contribution is -0.114. The second kappa shape index (κ2) is 6.58. The van der Waals surface area contributed by atoms with E-state index in [0.717, 1.165) is 39.2 Å². The summed E-state index contributed by atoms with van der Waals surface area (Å²) in [6.07, 6.45) is 0.647. The summed E-state index contributed by atoms with van der Waals surface area (Å²) in [4.78, 5) is 16.0. The monoisotopic (exact) mass is 355 g/mol. The van der Waals surface area contributed by atoms with E-state index in [9.17, 15) is 10.1 Å². The largest absolute Gasteiger partial charge is 0.480 e. The van der Waals surface area contributed by atoms with Crippen LogP contribution in [0, 0.1) is 11.3 Å². The van der Waals surface area contributed by atoms with E-state index in [-0.39, 0.29) is 5.91 Å². The Balaban J connectivity index is 1.94. The van der Waals surface area contributed by atoms with Gasteiger partial charge in [0.15, 0.2) is 0 Å². The molecule has 5 nitrogen and oxygen atoms in total. The number of aromatic nitrogens is 1. The summed E-state index contributed by atoms with van der Waals surface area (Å²) >= 11 is 0. The van der Waals surface area contributed by atoms with E-state index in [0.29, 0.717) is 17.9 Å². The van der Waals surface area contributed by atoms with Gasteiger partial charge in [-0.05, 0) is 28.8 Å². The number of hydrogen-bond acceptors (Lipinski definition) is 4. The quantitative estimate of drug-likeness (QED) is 0.599. The van der Waals surface area contributed by atoms with Gasteiger partial charge in [-0.25, -0.2) is 4.98 Å². The summed E-state index contributed by atoms with van der Waals surface area (Å²) in [6.45, 7) is 1.49. The zero-order chi connectivity index (χ0) is 19.0. The number of amides is 1. The highest BCUT2D eigenvalue weighted by atomic mass is 16.5. The summed E-state index contributed by atoms with van der Waals surface area (Å²) in [5, 5.41) is 12.6. The van der Waals surface area contributed by atoms with Crippen molar-refractivity contribution in [2.45, 2.75) is 13.3 Å². The fourth-order valence-electron chi connectivity index (χ4n) is 3.61. The Morgan fingerprint density at radius 3 is 2.67 bits per heavy atom. The van der Waals surface area contributed by atoms with Crippen LogP contribution in [-0.2, 0) is 11.2 Å². The molecule has 27 heavy (non-hydrogen) atoms. The van der Waals surface area contributed by atoms with E-state index in [1.165, 1.54) is 14.0 Å². The third kappa shape index (κ3) is 2.81. The van der Waals surface area contributed by atoms with Gasteiger partial charge in [0, 0.05) is 30.2 Å². The van der Waals surface area contributed by atoms with E-state index in [2.05, 4.69) is 16.4 Å². The number of anilines is 1. The second-order valence-electron chi connectivity index (χ2n) is 6.41. The molecule has 1 amide bonds. The van der Waals surface area contributed by atoms with Crippen LogP contribution in [0.4, 0.5) is 5.69 Å². The molecule has 1 heterocycles. The zero-order valence-electron chi connectivity index (χ0n) is 15.0. The Labute approximate surface area is 157 Å². The summed E-state index contributed by atoms with van der Waals surface area (Å²) in [6, 6.07) is 17.9.